The maximum absolute atomic E-state index is 8.15. The van der Waals surface area contributed by atoms with Crippen molar-refractivity contribution in [3.63, 3.8) is 0 Å². The minimum Gasteiger partial charge on any atom is -0.267 e. The van der Waals surface area contributed by atoms with Crippen LogP contribution in [0, 0.1) is 0 Å². The number of rotatable bonds is 2. The lowest BCUT2D eigenvalue weighted by Gasteiger charge is -2.02. The summed E-state index contributed by atoms with van der Waals surface area (Å²) in [7, 11) is 0. The van der Waals surface area contributed by atoms with Crippen molar-refractivity contribution in [2.75, 3.05) is 0 Å². The van der Waals surface area contributed by atoms with Gasteiger partial charge < -0.3 is 0 Å². The molecule has 13 heavy (non-hydrogen) atoms. The van der Waals surface area contributed by atoms with Gasteiger partial charge in [-0.25, -0.2) is 0 Å². The molecular weight excluding hydrogens is 166 g/mol. The van der Waals surface area contributed by atoms with Gasteiger partial charge in [0.25, 0.3) is 0 Å². The molecule has 0 fully saturated rings. The number of aromatic nitrogens is 2. The molecule has 0 N–H and O–H groups in total. The summed E-state index contributed by atoms with van der Waals surface area (Å²) in [5.41, 5.74) is 10.3. The Balaban J connectivity index is 2.23. The molecule has 1 atom stereocenters. The van der Waals surface area contributed by atoms with Gasteiger partial charge in [0.15, 0.2) is 0 Å². The van der Waals surface area contributed by atoms with Crippen molar-refractivity contribution < 1.29 is 0 Å². The van der Waals surface area contributed by atoms with E-state index in [0.717, 1.165) is 12.1 Å². The summed E-state index contributed by atoms with van der Waals surface area (Å²) >= 11 is 0. The van der Waals surface area contributed by atoms with Crippen LogP contribution < -0.4 is 0 Å². The Bertz CT molecular complexity index is 361. The Kier molecular flexibility index (Phi) is 1.94. The van der Waals surface area contributed by atoms with Gasteiger partial charge in [0.1, 0.15) is 0 Å². The number of aryl methyl sites for hydroxylation is 1. The van der Waals surface area contributed by atoms with Gasteiger partial charge in [-0.15, -0.1) is 0 Å². The van der Waals surface area contributed by atoms with Crippen molar-refractivity contribution in [1.29, 1.82) is 0 Å². The molecule has 0 saturated carbocycles. The van der Waals surface area contributed by atoms with Crippen molar-refractivity contribution >= 4 is 0 Å². The van der Waals surface area contributed by atoms with Gasteiger partial charge in [-0.1, -0.05) is 5.11 Å². The molecule has 1 unspecified atom stereocenters. The molecule has 68 valence electrons. The summed E-state index contributed by atoms with van der Waals surface area (Å²) in [6.45, 7) is 2.52. The summed E-state index contributed by atoms with van der Waals surface area (Å²) in [5, 5.41) is 7.85. The average Bonchev–Trinajstić information content (AvgIpc) is 2.65. The van der Waals surface area contributed by atoms with Crippen molar-refractivity contribution in [1.82, 2.24) is 9.78 Å². The third kappa shape index (κ3) is 1.38. The first kappa shape index (κ1) is 8.13. The quantitative estimate of drug-likeness (QED) is 0.388. The number of azide groups is 1. The Labute approximate surface area is 76.0 Å². The number of hydrogen-bond acceptors (Lipinski definition) is 2. The predicted octanol–water partition coefficient (Wildman–Crippen LogP) is 2.20. The number of fused-ring (bicyclic) bond motifs is 1. The Morgan fingerprint density at radius 3 is 3.38 bits per heavy atom. The fraction of sp³-hybridized carbons (Fsp3) is 0.625. The maximum atomic E-state index is 8.15. The zero-order valence-corrected chi connectivity index (χ0v) is 7.51. The fourth-order valence-corrected chi connectivity index (χ4v) is 1.72. The molecule has 1 aliphatic rings. The highest BCUT2D eigenvalue weighted by atomic mass is 15.3. The van der Waals surface area contributed by atoms with Crippen LogP contribution in [0.2, 0.25) is 0 Å². The molecule has 2 rings (SSSR count). The smallest absolute Gasteiger partial charge is 0.0702 e. The second-order valence-corrected chi connectivity index (χ2v) is 3.35. The fourth-order valence-electron chi connectivity index (χ4n) is 1.72. The van der Waals surface area contributed by atoms with E-state index in [4.69, 9.17) is 5.53 Å². The highest BCUT2D eigenvalue weighted by molar-refractivity contribution is 5.14. The summed E-state index contributed by atoms with van der Waals surface area (Å²) in [5.74, 6) is 0. The van der Waals surface area contributed by atoms with Crippen LogP contribution in [-0.4, -0.2) is 9.78 Å². The van der Waals surface area contributed by atoms with Crippen LogP contribution in [0.25, 0.3) is 10.4 Å². The van der Waals surface area contributed by atoms with Crippen molar-refractivity contribution in [3.05, 3.63) is 27.9 Å². The summed E-state index contributed by atoms with van der Waals surface area (Å²) in [6.07, 6.45) is 2.26. The average molecular weight is 177 g/mol. The zero-order chi connectivity index (χ0) is 9.26. The molecule has 1 aromatic heterocycles. The molecule has 0 radical (unpaired) electrons. The highest BCUT2D eigenvalue weighted by Crippen LogP contribution is 2.25. The molecule has 5 nitrogen and oxygen atoms in total. The molecule has 0 aliphatic carbocycles. The van der Waals surface area contributed by atoms with Crippen LogP contribution >= 0.6 is 0 Å². The zero-order valence-electron chi connectivity index (χ0n) is 7.51. The Morgan fingerprint density at radius 2 is 2.69 bits per heavy atom. The van der Waals surface area contributed by atoms with Crippen LogP contribution in [0.5, 0.6) is 0 Å². The number of nitrogens with zero attached hydrogens (tertiary/aromatic N) is 5. The van der Waals surface area contributed by atoms with E-state index in [1.807, 2.05) is 10.7 Å². The van der Waals surface area contributed by atoms with Gasteiger partial charge in [0.2, 0.25) is 0 Å². The van der Waals surface area contributed by atoms with Crippen LogP contribution in [0.4, 0.5) is 0 Å². The predicted molar refractivity (Wildman–Crippen MR) is 48.1 cm³/mol. The van der Waals surface area contributed by atoms with Gasteiger partial charge in [-0.3, -0.25) is 4.68 Å². The second kappa shape index (κ2) is 3.11. The van der Waals surface area contributed by atoms with Gasteiger partial charge in [-0.05, 0) is 31.4 Å². The van der Waals surface area contributed by atoms with Crippen LogP contribution in [0.3, 0.4) is 0 Å². The first-order valence-electron chi connectivity index (χ1n) is 4.39. The van der Waals surface area contributed by atoms with Gasteiger partial charge in [0.05, 0.1) is 12.2 Å². The molecule has 0 spiro atoms. The van der Waals surface area contributed by atoms with Gasteiger partial charge >= 0.3 is 0 Å². The molecule has 1 aromatic rings. The van der Waals surface area contributed by atoms with Gasteiger partial charge in [-0.2, -0.15) is 5.10 Å². The summed E-state index contributed by atoms with van der Waals surface area (Å²) in [4.78, 5) is 2.71. The Hall–Kier alpha value is -1.48. The topological polar surface area (TPSA) is 66.6 Å². The van der Waals surface area contributed by atoms with E-state index in [2.05, 4.69) is 22.0 Å². The van der Waals surface area contributed by atoms with Crippen LogP contribution in [0.1, 0.15) is 30.8 Å². The van der Waals surface area contributed by atoms with Crippen molar-refractivity contribution in [2.45, 2.75) is 32.4 Å². The van der Waals surface area contributed by atoms with E-state index in [1.54, 1.807) is 0 Å². The largest absolute Gasteiger partial charge is 0.267 e. The lowest BCUT2D eigenvalue weighted by atomic mass is 10.2. The van der Waals surface area contributed by atoms with Crippen molar-refractivity contribution in [2.24, 2.45) is 5.11 Å². The second-order valence-electron chi connectivity index (χ2n) is 3.35. The minimum absolute atomic E-state index is 0.364. The molecule has 0 saturated heterocycles. The SMILES string of the molecule is CC1CCc2cc(CN=[N+]=[N-])nn21. The molecular formula is C8H11N5. The Morgan fingerprint density at radius 1 is 1.85 bits per heavy atom. The molecule has 0 bridgehead atoms. The minimum atomic E-state index is 0.364. The maximum Gasteiger partial charge on any atom is 0.0702 e. The standard InChI is InChI=1S/C8H11N5/c1-6-2-3-8-4-7(5-10-12-9)11-13(6)8/h4,6H,2-3,5H2,1H3. The van der Waals surface area contributed by atoms with E-state index in [9.17, 15) is 0 Å². The van der Waals surface area contributed by atoms with E-state index in [-0.39, 0.29) is 0 Å². The molecule has 0 aromatic carbocycles. The highest BCUT2D eigenvalue weighted by Gasteiger charge is 2.19. The molecule has 5 heteroatoms. The van der Waals surface area contributed by atoms with E-state index < -0.39 is 0 Å². The number of hydrogen-bond donors (Lipinski definition) is 0. The normalized spacial score (nSPS) is 19.6. The molecule has 1 aliphatic heterocycles. The van der Waals surface area contributed by atoms with Crippen LogP contribution in [0.15, 0.2) is 11.2 Å². The van der Waals surface area contributed by atoms with E-state index >= 15 is 0 Å². The first-order valence-corrected chi connectivity index (χ1v) is 4.39. The monoisotopic (exact) mass is 177 g/mol. The summed E-state index contributed by atoms with van der Waals surface area (Å²) in [6, 6.07) is 2.52. The molecule has 2 heterocycles. The van der Waals surface area contributed by atoms with E-state index in [0.29, 0.717) is 12.6 Å². The lowest BCUT2D eigenvalue weighted by molar-refractivity contribution is 0.516. The van der Waals surface area contributed by atoms with Gasteiger partial charge in [0, 0.05) is 16.6 Å². The first-order chi connectivity index (χ1) is 6.31. The van der Waals surface area contributed by atoms with Crippen molar-refractivity contribution in [3.8, 4) is 0 Å². The molecule has 0 amide bonds. The lowest BCUT2D eigenvalue weighted by Crippen LogP contribution is -2.01. The van der Waals surface area contributed by atoms with Crippen LogP contribution in [-0.2, 0) is 13.0 Å². The third-order valence-electron chi connectivity index (χ3n) is 2.40. The summed E-state index contributed by atoms with van der Waals surface area (Å²) < 4.78 is 2.03. The third-order valence-corrected chi connectivity index (χ3v) is 2.40. The van der Waals surface area contributed by atoms with E-state index in [1.165, 1.54) is 12.1 Å².